The van der Waals surface area contributed by atoms with Gasteiger partial charge in [-0.2, -0.15) is 0 Å². The lowest BCUT2D eigenvalue weighted by Crippen LogP contribution is -2.25. The van der Waals surface area contributed by atoms with Gasteiger partial charge < -0.3 is 14.2 Å². The summed E-state index contributed by atoms with van der Waals surface area (Å²) in [5.74, 6) is 1.44. The third-order valence-corrected chi connectivity index (χ3v) is 3.16. The highest BCUT2D eigenvalue weighted by molar-refractivity contribution is 9.10. The molecule has 2 rings (SSSR count). The largest absolute Gasteiger partial charge is 0.492 e. The van der Waals surface area contributed by atoms with Gasteiger partial charge >= 0.3 is 0 Å². The van der Waals surface area contributed by atoms with E-state index in [2.05, 4.69) is 15.9 Å². The Balaban J connectivity index is 2.10. The maximum Gasteiger partial charge on any atom is 0.200 e. The first kappa shape index (κ1) is 11.7. The molecule has 1 heterocycles. The minimum atomic E-state index is -0.142. The van der Waals surface area contributed by atoms with Gasteiger partial charge in [0.2, 0.25) is 0 Å². The molecule has 0 spiro atoms. The summed E-state index contributed by atoms with van der Waals surface area (Å²) in [6, 6.07) is 5.74. The summed E-state index contributed by atoms with van der Waals surface area (Å²) in [7, 11) is 1.63. The maximum absolute atomic E-state index is 5.78. The fourth-order valence-electron chi connectivity index (χ4n) is 1.73. The third-order valence-electron chi connectivity index (χ3n) is 2.53. The van der Waals surface area contributed by atoms with Crippen LogP contribution in [0.2, 0.25) is 0 Å². The highest BCUT2D eigenvalue weighted by atomic mass is 79.9. The Hall–Kier alpha value is -0.740. The molecule has 1 atom stereocenters. The average molecular weight is 287 g/mol. The van der Waals surface area contributed by atoms with Crippen LogP contribution in [0.15, 0.2) is 22.7 Å². The van der Waals surface area contributed by atoms with Crippen molar-refractivity contribution >= 4 is 15.9 Å². The number of halogens is 1. The fourth-order valence-corrected chi connectivity index (χ4v) is 2.24. The van der Waals surface area contributed by atoms with E-state index in [9.17, 15) is 0 Å². The van der Waals surface area contributed by atoms with E-state index in [1.165, 1.54) is 0 Å². The molecule has 88 valence electrons. The number of hydrogen-bond donors (Lipinski definition) is 0. The predicted octanol–water partition coefficient (Wildman–Crippen LogP) is 3.36. The van der Waals surface area contributed by atoms with E-state index < -0.39 is 0 Å². The Morgan fingerprint density at radius 3 is 2.94 bits per heavy atom. The van der Waals surface area contributed by atoms with Gasteiger partial charge in [0.1, 0.15) is 0 Å². The van der Waals surface area contributed by atoms with Gasteiger partial charge in [0.05, 0.1) is 18.2 Å². The molecule has 0 saturated carbocycles. The monoisotopic (exact) mass is 286 g/mol. The van der Waals surface area contributed by atoms with Crippen LogP contribution in [0.1, 0.15) is 19.3 Å². The smallest absolute Gasteiger partial charge is 0.200 e. The summed E-state index contributed by atoms with van der Waals surface area (Å²) in [5.41, 5.74) is 0. The molecular formula is C12H15BrO3. The highest BCUT2D eigenvalue weighted by Gasteiger charge is 2.18. The van der Waals surface area contributed by atoms with Crippen molar-refractivity contribution in [2.45, 2.75) is 25.6 Å². The van der Waals surface area contributed by atoms with Crippen LogP contribution in [-0.4, -0.2) is 20.0 Å². The summed E-state index contributed by atoms with van der Waals surface area (Å²) in [6.45, 7) is 0.779. The summed E-state index contributed by atoms with van der Waals surface area (Å²) in [6.07, 6.45) is 3.07. The molecule has 0 aliphatic carbocycles. The first-order valence-corrected chi connectivity index (χ1v) is 6.21. The number of hydrogen-bond acceptors (Lipinski definition) is 3. The van der Waals surface area contributed by atoms with Gasteiger partial charge in [-0.3, -0.25) is 0 Å². The van der Waals surface area contributed by atoms with E-state index >= 15 is 0 Å². The molecule has 1 aliphatic heterocycles. The lowest BCUT2D eigenvalue weighted by atomic mass is 10.2. The molecule has 0 bridgehead atoms. The van der Waals surface area contributed by atoms with Crippen molar-refractivity contribution in [2.75, 3.05) is 13.7 Å². The molecule has 0 aromatic heterocycles. The molecule has 1 aromatic rings. The van der Waals surface area contributed by atoms with Crippen LogP contribution in [0.5, 0.6) is 11.5 Å². The van der Waals surface area contributed by atoms with Gasteiger partial charge in [0.15, 0.2) is 17.8 Å². The van der Waals surface area contributed by atoms with Crippen LogP contribution in [0, 0.1) is 0 Å². The number of ether oxygens (including phenoxy) is 3. The zero-order valence-corrected chi connectivity index (χ0v) is 10.8. The SMILES string of the molecule is COc1c(Br)cccc1OC1CCCCO1. The van der Waals surface area contributed by atoms with Crippen molar-refractivity contribution in [2.24, 2.45) is 0 Å². The first-order chi connectivity index (χ1) is 7.81. The van der Waals surface area contributed by atoms with E-state index in [4.69, 9.17) is 14.2 Å². The van der Waals surface area contributed by atoms with Gasteiger partial charge in [0.25, 0.3) is 0 Å². The normalized spacial score (nSPS) is 20.5. The quantitative estimate of drug-likeness (QED) is 0.853. The summed E-state index contributed by atoms with van der Waals surface area (Å²) >= 11 is 3.43. The van der Waals surface area contributed by atoms with Crippen LogP contribution in [0.4, 0.5) is 0 Å². The molecule has 3 nitrogen and oxygen atoms in total. The van der Waals surface area contributed by atoms with Gasteiger partial charge in [-0.1, -0.05) is 6.07 Å². The van der Waals surface area contributed by atoms with Crippen LogP contribution in [0.3, 0.4) is 0 Å². The second kappa shape index (κ2) is 5.55. The molecule has 1 aromatic carbocycles. The van der Waals surface area contributed by atoms with E-state index in [1.807, 2.05) is 18.2 Å². The van der Waals surface area contributed by atoms with Gasteiger partial charge in [-0.15, -0.1) is 0 Å². The zero-order valence-electron chi connectivity index (χ0n) is 9.24. The second-order valence-corrected chi connectivity index (χ2v) is 4.54. The van der Waals surface area contributed by atoms with Crippen LogP contribution >= 0.6 is 15.9 Å². The number of methoxy groups -OCH3 is 1. The molecule has 4 heteroatoms. The summed E-state index contributed by atoms with van der Waals surface area (Å²) in [4.78, 5) is 0. The van der Waals surface area contributed by atoms with Crippen LogP contribution in [0.25, 0.3) is 0 Å². The van der Waals surface area contributed by atoms with E-state index in [0.717, 1.165) is 41.8 Å². The Morgan fingerprint density at radius 2 is 2.25 bits per heavy atom. The molecule has 16 heavy (non-hydrogen) atoms. The maximum atomic E-state index is 5.78. The zero-order chi connectivity index (χ0) is 11.4. The van der Waals surface area contributed by atoms with Crippen molar-refractivity contribution in [3.63, 3.8) is 0 Å². The Bertz CT molecular complexity index is 348. The number of para-hydroxylation sites is 1. The van der Waals surface area contributed by atoms with Crippen molar-refractivity contribution in [1.82, 2.24) is 0 Å². The average Bonchev–Trinajstić information content (AvgIpc) is 2.31. The Labute approximate surface area is 104 Å². The summed E-state index contributed by atoms with van der Waals surface area (Å²) < 4.78 is 17.5. The van der Waals surface area contributed by atoms with Crippen molar-refractivity contribution in [1.29, 1.82) is 0 Å². The lowest BCUT2D eigenvalue weighted by Gasteiger charge is -2.24. The van der Waals surface area contributed by atoms with E-state index in [-0.39, 0.29) is 6.29 Å². The topological polar surface area (TPSA) is 27.7 Å². The molecule has 0 N–H and O–H groups in total. The first-order valence-electron chi connectivity index (χ1n) is 5.42. The standard InChI is InChI=1S/C12H15BrO3/c1-14-12-9(13)5-4-6-10(12)16-11-7-2-3-8-15-11/h4-6,11H,2-3,7-8H2,1H3. The molecule has 1 saturated heterocycles. The van der Waals surface area contributed by atoms with Crippen LogP contribution in [-0.2, 0) is 4.74 Å². The minimum absolute atomic E-state index is 0.142. The van der Waals surface area contributed by atoms with Gasteiger partial charge in [-0.25, -0.2) is 0 Å². The fraction of sp³-hybridized carbons (Fsp3) is 0.500. The molecule has 0 amide bonds. The Morgan fingerprint density at radius 1 is 1.38 bits per heavy atom. The summed E-state index contributed by atoms with van der Waals surface area (Å²) in [5, 5.41) is 0. The second-order valence-electron chi connectivity index (χ2n) is 3.69. The number of rotatable bonds is 3. The van der Waals surface area contributed by atoms with Crippen molar-refractivity contribution < 1.29 is 14.2 Å². The third kappa shape index (κ3) is 2.68. The van der Waals surface area contributed by atoms with E-state index in [0.29, 0.717) is 0 Å². The molecule has 1 aliphatic rings. The van der Waals surface area contributed by atoms with Gasteiger partial charge in [0, 0.05) is 6.42 Å². The lowest BCUT2D eigenvalue weighted by molar-refractivity contribution is -0.106. The molecule has 1 unspecified atom stereocenters. The highest BCUT2D eigenvalue weighted by Crippen LogP contribution is 2.36. The van der Waals surface area contributed by atoms with Crippen molar-refractivity contribution in [3.05, 3.63) is 22.7 Å². The molecule has 1 fully saturated rings. The van der Waals surface area contributed by atoms with Crippen molar-refractivity contribution in [3.8, 4) is 11.5 Å². The number of benzene rings is 1. The Kier molecular flexibility index (Phi) is 4.07. The van der Waals surface area contributed by atoms with Crippen LogP contribution < -0.4 is 9.47 Å². The van der Waals surface area contributed by atoms with Gasteiger partial charge in [-0.05, 0) is 40.9 Å². The molecule has 0 radical (unpaired) electrons. The predicted molar refractivity (Wildman–Crippen MR) is 64.9 cm³/mol. The molecular weight excluding hydrogens is 272 g/mol. The minimum Gasteiger partial charge on any atom is -0.492 e. The van der Waals surface area contributed by atoms with E-state index in [1.54, 1.807) is 7.11 Å².